The highest BCUT2D eigenvalue weighted by Crippen LogP contribution is 2.66. The summed E-state index contributed by atoms with van der Waals surface area (Å²) in [5.41, 5.74) is 1.98. The first kappa shape index (κ1) is 17.7. The van der Waals surface area contributed by atoms with E-state index in [-0.39, 0.29) is 34.7 Å². The number of hydrogen-bond donors (Lipinski definition) is 0. The van der Waals surface area contributed by atoms with Gasteiger partial charge >= 0.3 is 0 Å². The van der Waals surface area contributed by atoms with Crippen LogP contribution in [0.4, 0.5) is 4.39 Å². The quantitative estimate of drug-likeness (QED) is 0.700. The van der Waals surface area contributed by atoms with Crippen LogP contribution in [0.25, 0.3) is 0 Å². The Balaban J connectivity index is 1.84. The number of carbonyl (C=O) groups excluding carboxylic acids is 2. The van der Waals surface area contributed by atoms with Crippen LogP contribution in [0.1, 0.15) is 46.5 Å². The summed E-state index contributed by atoms with van der Waals surface area (Å²) < 4.78 is 19.8. The van der Waals surface area contributed by atoms with Gasteiger partial charge in [0.25, 0.3) is 0 Å². The van der Waals surface area contributed by atoms with Gasteiger partial charge in [0.2, 0.25) is 5.78 Å². The second-order valence-corrected chi connectivity index (χ2v) is 9.01. The molecule has 0 radical (unpaired) electrons. The first-order valence-corrected chi connectivity index (χ1v) is 9.54. The van der Waals surface area contributed by atoms with Crippen LogP contribution in [0.2, 0.25) is 0 Å². The number of halogens is 1. The topological polar surface area (TPSA) is 43.4 Å². The number of ketones is 2. The van der Waals surface area contributed by atoms with Crippen molar-refractivity contribution in [2.24, 2.45) is 28.6 Å². The lowest BCUT2D eigenvalue weighted by molar-refractivity contribution is -0.134. The van der Waals surface area contributed by atoms with E-state index in [2.05, 4.69) is 13.5 Å². The number of alkyl halides is 1. The molecule has 140 valence electrons. The fourth-order valence-electron chi connectivity index (χ4n) is 6.60. The van der Waals surface area contributed by atoms with Gasteiger partial charge in [-0.05, 0) is 62.0 Å². The molecule has 4 aliphatic rings. The summed E-state index contributed by atoms with van der Waals surface area (Å²) in [6.45, 7) is 10.4. The number of Topliss-reactive ketones (excluding diaryl/α,β-unsaturated/α-hetero) is 1. The lowest BCUT2D eigenvalue weighted by Gasteiger charge is -2.57. The second kappa shape index (κ2) is 5.40. The number of fused-ring (bicyclic) bond motifs is 5. The van der Waals surface area contributed by atoms with Crippen LogP contribution in [0.5, 0.6) is 0 Å². The van der Waals surface area contributed by atoms with Gasteiger partial charge in [-0.2, -0.15) is 0 Å². The molecule has 3 saturated carbocycles. The Morgan fingerprint density at radius 3 is 2.62 bits per heavy atom. The third-order valence-electron chi connectivity index (χ3n) is 8.05. The number of carbonyl (C=O) groups is 2. The number of methoxy groups -OCH3 is 1. The lowest BCUT2D eigenvalue weighted by atomic mass is 9.46. The maximum Gasteiger partial charge on any atom is 0.220 e. The van der Waals surface area contributed by atoms with Gasteiger partial charge in [-0.25, -0.2) is 4.39 Å². The van der Waals surface area contributed by atoms with Crippen molar-refractivity contribution in [3.05, 3.63) is 35.1 Å². The maximum absolute atomic E-state index is 14.3. The van der Waals surface area contributed by atoms with Crippen LogP contribution in [0, 0.1) is 28.6 Å². The van der Waals surface area contributed by atoms with E-state index < -0.39 is 11.6 Å². The molecule has 0 amide bonds. The molecule has 0 aromatic carbocycles. The van der Waals surface area contributed by atoms with Crippen LogP contribution in [-0.2, 0) is 14.3 Å². The second-order valence-electron chi connectivity index (χ2n) is 9.01. The molecule has 0 N–H and O–H groups in total. The summed E-state index contributed by atoms with van der Waals surface area (Å²) in [5, 5.41) is 0. The molecule has 4 aliphatic carbocycles. The first-order valence-electron chi connectivity index (χ1n) is 9.54. The predicted octanol–water partition coefficient (Wildman–Crippen LogP) is 4.34. The van der Waals surface area contributed by atoms with Crippen molar-refractivity contribution in [2.75, 3.05) is 7.11 Å². The minimum atomic E-state index is -1.33. The summed E-state index contributed by atoms with van der Waals surface area (Å²) in [4.78, 5) is 25.0. The monoisotopic (exact) mass is 358 g/mol. The van der Waals surface area contributed by atoms with Crippen LogP contribution >= 0.6 is 0 Å². The van der Waals surface area contributed by atoms with Crippen LogP contribution < -0.4 is 0 Å². The number of rotatable bonds is 1. The van der Waals surface area contributed by atoms with Crippen molar-refractivity contribution < 1.29 is 18.7 Å². The molecule has 0 saturated heterocycles. The zero-order valence-electron chi connectivity index (χ0n) is 16.0. The molecule has 3 fully saturated rings. The van der Waals surface area contributed by atoms with E-state index in [1.165, 1.54) is 7.11 Å². The van der Waals surface area contributed by atoms with E-state index in [4.69, 9.17) is 4.74 Å². The summed E-state index contributed by atoms with van der Waals surface area (Å²) in [6.07, 6.45) is 2.97. The van der Waals surface area contributed by atoms with Crippen LogP contribution in [-0.4, -0.2) is 24.8 Å². The van der Waals surface area contributed by atoms with Crippen LogP contribution in [0.3, 0.4) is 0 Å². The molecular formula is C22H27FO3. The highest BCUT2D eigenvalue weighted by Gasteiger charge is 2.63. The molecule has 4 rings (SSSR count). The molecule has 6 atom stereocenters. The Morgan fingerprint density at radius 1 is 1.27 bits per heavy atom. The molecule has 3 nitrogen and oxygen atoms in total. The molecular weight excluding hydrogens is 331 g/mol. The maximum atomic E-state index is 14.3. The normalized spacial score (nSPS) is 45.1. The molecule has 0 aromatic rings. The largest absolute Gasteiger partial charge is 0.492 e. The third kappa shape index (κ3) is 1.93. The van der Waals surface area contributed by atoms with Gasteiger partial charge in [-0.1, -0.05) is 26.0 Å². The highest BCUT2D eigenvalue weighted by atomic mass is 19.1. The fourth-order valence-corrected chi connectivity index (χ4v) is 6.60. The number of hydrogen-bond acceptors (Lipinski definition) is 3. The summed E-state index contributed by atoms with van der Waals surface area (Å²) >= 11 is 0. The summed E-state index contributed by atoms with van der Waals surface area (Å²) in [6, 6.07) is 0. The Kier molecular flexibility index (Phi) is 3.67. The predicted molar refractivity (Wildman–Crippen MR) is 97.0 cm³/mol. The molecule has 0 aliphatic heterocycles. The van der Waals surface area contributed by atoms with Gasteiger partial charge in [0.1, 0.15) is 0 Å². The van der Waals surface area contributed by atoms with Crippen molar-refractivity contribution in [3.8, 4) is 0 Å². The summed E-state index contributed by atoms with van der Waals surface area (Å²) in [5.74, 6) is 0.637. The minimum Gasteiger partial charge on any atom is -0.492 e. The molecule has 26 heavy (non-hydrogen) atoms. The molecule has 0 bridgehead atoms. The molecule has 4 heteroatoms. The fraction of sp³-hybridized carbons (Fsp3) is 0.636. The molecule has 0 spiro atoms. The van der Waals surface area contributed by atoms with Crippen molar-refractivity contribution in [1.82, 2.24) is 0 Å². The van der Waals surface area contributed by atoms with E-state index in [0.717, 1.165) is 29.6 Å². The van der Waals surface area contributed by atoms with Gasteiger partial charge in [-0.3, -0.25) is 9.59 Å². The van der Waals surface area contributed by atoms with E-state index in [0.29, 0.717) is 18.6 Å². The van der Waals surface area contributed by atoms with E-state index in [9.17, 15) is 14.0 Å². The van der Waals surface area contributed by atoms with E-state index >= 15 is 0 Å². The Hall–Kier alpha value is -1.71. The Morgan fingerprint density at radius 2 is 1.96 bits per heavy atom. The van der Waals surface area contributed by atoms with Gasteiger partial charge in [-0.15, -0.1) is 0 Å². The van der Waals surface area contributed by atoms with Gasteiger partial charge < -0.3 is 4.74 Å². The zero-order chi connectivity index (χ0) is 19.0. The smallest absolute Gasteiger partial charge is 0.220 e. The molecule has 0 aromatic heterocycles. The SMILES string of the molecule is C=C1C[C@@H]2[C@H](CC[C@]3(C)C(=O)[C@H](F)C[C@@H]23)[C@@]2(C)C(C)=CC(=O)C(OC)=C12. The average Bonchev–Trinajstić information content (AvgIpc) is 2.81. The minimum absolute atomic E-state index is 0.0512. The van der Waals surface area contributed by atoms with Crippen LogP contribution in [0.15, 0.2) is 35.1 Å². The third-order valence-corrected chi connectivity index (χ3v) is 8.05. The average molecular weight is 358 g/mol. The van der Waals surface area contributed by atoms with Crippen molar-refractivity contribution >= 4 is 11.6 Å². The van der Waals surface area contributed by atoms with Crippen molar-refractivity contribution in [1.29, 1.82) is 0 Å². The number of allylic oxidation sites excluding steroid dienone is 4. The van der Waals surface area contributed by atoms with Gasteiger partial charge in [0.05, 0.1) is 7.11 Å². The number of ether oxygens (including phenoxy) is 1. The van der Waals surface area contributed by atoms with Crippen molar-refractivity contribution in [2.45, 2.75) is 52.6 Å². The standard InChI is InChI=1S/C22H27FO3/c1-11-8-13-14(6-7-21(3)15(13)10-16(23)20(21)25)22(4)12(2)9-17(24)19(26-5)18(11)22/h9,13-16H,1,6-8,10H2,2-5H3/t13-,14+,15+,16-,21+,22-/m1/s1. The molecule has 0 heterocycles. The van der Waals surface area contributed by atoms with Gasteiger partial charge in [0.15, 0.2) is 17.7 Å². The Bertz CT molecular complexity index is 791. The highest BCUT2D eigenvalue weighted by molar-refractivity contribution is 6.05. The van der Waals surface area contributed by atoms with Gasteiger partial charge in [0, 0.05) is 16.4 Å². The Labute approximate surface area is 154 Å². The van der Waals surface area contributed by atoms with E-state index in [1.807, 2.05) is 13.8 Å². The summed E-state index contributed by atoms with van der Waals surface area (Å²) in [7, 11) is 1.54. The molecule has 0 unspecified atom stereocenters. The first-order chi connectivity index (χ1) is 12.2. The van der Waals surface area contributed by atoms with E-state index in [1.54, 1.807) is 6.08 Å². The lowest BCUT2D eigenvalue weighted by Crippen LogP contribution is -2.51. The zero-order valence-corrected chi connectivity index (χ0v) is 16.0. The van der Waals surface area contributed by atoms with Crippen molar-refractivity contribution in [3.63, 3.8) is 0 Å².